The number of aliphatic hydroxyl groups excluding tert-OH is 3. The molecule has 0 aliphatic carbocycles. The fourth-order valence-electron chi connectivity index (χ4n) is 5.79. The number of anilines is 1. The maximum atomic E-state index is 12.5. The molecule has 4 aromatic rings. The number of aromatic nitrogens is 8. The lowest BCUT2D eigenvalue weighted by molar-refractivity contribution is -0.745. The number of fused-ring (bicyclic) bond motifs is 2. The minimum atomic E-state index is -6.34. The van der Waals surface area contributed by atoms with Crippen LogP contribution in [0.1, 0.15) is 18.3 Å². The van der Waals surface area contributed by atoms with Crippen LogP contribution in [0.3, 0.4) is 0 Å². The highest BCUT2D eigenvalue weighted by atomic mass is 31.3. The number of aryl methyl sites for hydroxylation is 2. The zero-order valence-corrected chi connectivity index (χ0v) is 29.9. The van der Waals surface area contributed by atoms with Crippen LogP contribution in [0, 0.1) is 6.92 Å². The predicted molar refractivity (Wildman–Crippen MR) is 162 cm³/mol. The van der Waals surface area contributed by atoms with E-state index in [1.807, 2.05) is 0 Å². The molecule has 292 valence electrons. The number of rotatable bonds is 13. The molecule has 6 rings (SSSR count). The van der Waals surface area contributed by atoms with E-state index in [4.69, 9.17) is 19.9 Å². The van der Waals surface area contributed by atoms with Crippen molar-refractivity contribution in [3.05, 3.63) is 39.2 Å². The van der Waals surface area contributed by atoms with Crippen LogP contribution in [0.5, 0.6) is 0 Å². The van der Waals surface area contributed by atoms with Crippen LogP contribution in [-0.4, -0.2) is 106 Å². The summed E-state index contributed by atoms with van der Waals surface area (Å²) in [5.41, 5.74) is 4.24. The van der Waals surface area contributed by atoms with Crippen molar-refractivity contribution < 1.29 is 80.1 Å². The van der Waals surface area contributed by atoms with Crippen molar-refractivity contribution >= 4 is 51.7 Å². The Kier molecular flexibility index (Phi) is 10.7. The highest BCUT2D eigenvalue weighted by molar-refractivity contribution is 7.65. The van der Waals surface area contributed by atoms with E-state index < -0.39 is 96.9 Å². The van der Waals surface area contributed by atoms with Gasteiger partial charge in [0.05, 0.1) is 26.6 Å². The zero-order chi connectivity index (χ0) is 38.8. The number of methoxy groups -OCH3 is 1. The number of hydrogen-bond acceptors (Lipinski definition) is 22. The van der Waals surface area contributed by atoms with Gasteiger partial charge in [-0.15, -0.1) is 0 Å². The van der Waals surface area contributed by atoms with Crippen molar-refractivity contribution in [1.29, 1.82) is 0 Å². The molecular formula is C23H30N9O18P3-2. The molecule has 0 bridgehead atoms. The standard InChI is InChI=1S/C23H32N9O18P3/c1-8-26-17-11(19(36)27-8)25-6-31(17)21-14(34)13(33)9(47-21)4-45-51(38,39)49-53(42,43)50-52(40,41)46-5-10-16(44-3)15(35)22(48-10)32-7-30(2)12-18(32)28-23(24)29-20(12)37/h6-7,9-10,13-16,21-22,33-35H,4-5H2,1-3H3,(H6-,24,26,27,28,29,36,37,38,39,40,41,42,43)/p-2/t9-,10-,13?,14+,15?,16+,21-,22-/m1/s1. The van der Waals surface area contributed by atoms with Gasteiger partial charge < -0.3 is 64.0 Å². The lowest BCUT2D eigenvalue weighted by Crippen LogP contribution is -2.46. The van der Waals surface area contributed by atoms with Gasteiger partial charge in [-0.2, -0.15) is 0 Å². The first kappa shape index (κ1) is 39.4. The number of nitrogens with one attached hydrogen (secondary N) is 2. The Morgan fingerprint density at radius 3 is 2.23 bits per heavy atom. The van der Waals surface area contributed by atoms with Gasteiger partial charge in [0.2, 0.25) is 11.7 Å². The highest BCUT2D eigenvalue weighted by Gasteiger charge is 2.49. The second-order valence-corrected chi connectivity index (χ2v) is 16.1. The van der Waals surface area contributed by atoms with Crippen LogP contribution in [0.25, 0.3) is 22.3 Å². The molecule has 4 aromatic heterocycles. The lowest BCUT2D eigenvalue weighted by Gasteiger charge is -2.35. The fourth-order valence-corrected chi connectivity index (χ4v) is 9.17. The fraction of sp³-hybridized carbons (Fsp3) is 0.565. The SMILES string of the molecule is CO[C@@H]1C(O)[C@H]([n+]2cn(C)c3c(=O)[nH]c(N)nc32)O[C@@H]1COP(=O)([O-])OP(=O)([O-])OP(=O)([O-])OC[C@H]1O[C@@H](n2cnc3c(=O)[nH]c(C)nc32)[C@@H](O)C1O. The minimum Gasteiger partial charge on any atom is -0.756 e. The van der Waals surface area contributed by atoms with Crippen LogP contribution in [-0.2, 0) is 52.6 Å². The maximum Gasteiger partial charge on any atom is 0.313 e. The van der Waals surface area contributed by atoms with Gasteiger partial charge in [0, 0.05) is 7.11 Å². The van der Waals surface area contributed by atoms with Crippen LogP contribution >= 0.6 is 23.5 Å². The summed E-state index contributed by atoms with van der Waals surface area (Å²) in [5.74, 6) is -0.0825. The number of nitrogens with two attached hydrogens (primary N) is 1. The largest absolute Gasteiger partial charge is 0.756 e. The van der Waals surface area contributed by atoms with Gasteiger partial charge in [0.1, 0.15) is 42.4 Å². The average molecular weight is 813 g/mol. The van der Waals surface area contributed by atoms with E-state index in [1.165, 1.54) is 29.4 Å². The normalized spacial score (nSPS) is 29.8. The summed E-state index contributed by atoms with van der Waals surface area (Å²) < 4.78 is 73.9. The number of aliphatic hydroxyl groups is 3. The summed E-state index contributed by atoms with van der Waals surface area (Å²) in [6, 6.07) is 0. The van der Waals surface area contributed by atoms with E-state index in [1.54, 1.807) is 0 Å². The zero-order valence-electron chi connectivity index (χ0n) is 27.3. The van der Waals surface area contributed by atoms with E-state index in [0.717, 1.165) is 18.0 Å². The molecule has 53 heavy (non-hydrogen) atoms. The smallest absolute Gasteiger partial charge is 0.313 e. The Labute approximate surface area is 294 Å². The van der Waals surface area contributed by atoms with E-state index in [9.17, 15) is 53.3 Å². The number of H-pyrrole nitrogens is 2. The Morgan fingerprint density at radius 1 is 0.943 bits per heavy atom. The number of phosphoric acid groups is 3. The molecule has 2 saturated heterocycles. The van der Waals surface area contributed by atoms with Crippen LogP contribution in [0.4, 0.5) is 5.95 Å². The number of imidazole rings is 2. The van der Waals surface area contributed by atoms with Crippen LogP contribution in [0.15, 0.2) is 22.2 Å². The Balaban J connectivity index is 1.06. The first-order valence-electron chi connectivity index (χ1n) is 14.9. The molecule has 2 aliphatic rings. The van der Waals surface area contributed by atoms with Crippen molar-refractivity contribution in [3.63, 3.8) is 0 Å². The number of phosphoric ester groups is 2. The third kappa shape index (κ3) is 7.92. The maximum absolute atomic E-state index is 12.5. The van der Waals surface area contributed by atoms with Crippen molar-refractivity contribution in [3.8, 4) is 0 Å². The summed E-state index contributed by atoms with van der Waals surface area (Å²) in [6.07, 6.45) is -9.96. The van der Waals surface area contributed by atoms with Gasteiger partial charge in [0.25, 0.3) is 40.5 Å². The Hall–Kier alpha value is -3.33. The quantitative estimate of drug-likeness (QED) is 0.0543. The number of ether oxygens (including phenoxy) is 3. The highest BCUT2D eigenvalue weighted by Crippen LogP contribution is 2.63. The predicted octanol–water partition coefficient (Wildman–Crippen LogP) is -5.06. The Morgan fingerprint density at radius 2 is 1.58 bits per heavy atom. The van der Waals surface area contributed by atoms with E-state index in [-0.39, 0.29) is 34.1 Å². The monoisotopic (exact) mass is 813 g/mol. The summed E-state index contributed by atoms with van der Waals surface area (Å²) in [7, 11) is -15.7. The van der Waals surface area contributed by atoms with Gasteiger partial charge in [-0.3, -0.25) is 37.4 Å². The first-order chi connectivity index (χ1) is 24.7. The van der Waals surface area contributed by atoms with Crippen LogP contribution < -0.4 is 36.1 Å². The van der Waals surface area contributed by atoms with Crippen molar-refractivity contribution in [2.75, 3.05) is 26.1 Å². The number of nitrogen functional groups attached to an aromatic ring is 1. The lowest BCUT2D eigenvalue weighted by atomic mass is 10.1. The third-order valence-corrected chi connectivity index (χ3v) is 12.1. The minimum absolute atomic E-state index is 0.0252. The molecular weight excluding hydrogens is 783 g/mol. The molecule has 5 unspecified atom stereocenters. The van der Waals surface area contributed by atoms with Crippen molar-refractivity contribution in [2.24, 2.45) is 7.05 Å². The molecule has 6 heterocycles. The molecule has 7 N–H and O–H groups in total. The molecule has 0 amide bonds. The first-order valence-corrected chi connectivity index (χ1v) is 19.3. The second-order valence-electron chi connectivity index (χ2n) is 11.6. The Bertz CT molecular complexity index is 2300. The van der Waals surface area contributed by atoms with Gasteiger partial charge in [-0.25, -0.2) is 23.2 Å². The summed E-state index contributed by atoms with van der Waals surface area (Å²) >= 11 is 0. The molecule has 27 nitrogen and oxygen atoms in total. The summed E-state index contributed by atoms with van der Waals surface area (Å²) in [5, 5.41) is 31.9. The topological polar surface area (TPSA) is 390 Å². The van der Waals surface area contributed by atoms with E-state index in [0.29, 0.717) is 0 Å². The number of hydrogen-bond donors (Lipinski definition) is 6. The van der Waals surface area contributed by atoms with Gasteiger partial charge in [-0.05, 0) is 6.92 Å². The summed E-state index contributed by atoms with van der Waals surface area (Å²) in [4.78, 5) is 78.4. The molecule has 2 fully saturated rings. The van der Waals surface area contributed by atoms with Crippen molar-refractivity contribution in [2.45, 2.75) is 56.0 Å². The number of nitrogens with zero attached hydrogens (tertiary/aromatic N) is 6. The number of aromatic amines is 2. The van der Waals surface area contributed by atoms with E-state index >= 15 is 0 Å². The molecule has 30 heteroatoms. The average Bonchev–Trinajstić information content (AvgIpc) is 3.76. The van der Waals surface area contributed by atoms with Crippen LogP contribution in [0.2, 0.25) is 0 Å². The van der Waals surface area contributed by atoms with Crippen molar-refractivity contribution in [1.82, 2.24) is 34.1 Å². The van der Waals surface area contributed by atoms with Gasteiger partial charge >= 0.3 is 5.65 Å². The molecule has 0 radical (unpaired) electrons. The molecule has 2 aliphatic heterocycles. The van der Waals surface area contributed by atoms with E-state index in [2.05, 4.69) is 42.6 Å². The second kappa shape index (κ2) is 14.4. The third-order valence-electron chi connectivity index (χ3n) is 8.00. The molecule has 0 spiro atoms. The summed E-state index contributed by atoms with van der Waals surface area (Å²) in [6.45, 7) is -0.741. The molecule has 0 saturated carbocycles. The van der Waals surface area contributed by atoms with Gasteiger partial charge in [-0.1, -0.05) is 4.98 Å². The molecule has 11 atom stereocenters. The molecule has 0 aromatic carbocycles. The van der Waals surface area contributed by atoms with Gasteiger partial charge in [0.15, 0.2) is 23.7 Å².